The van der Waals surface area contributed by atoms with Crippen LogP contribution in [0.2, 0.25) is 26.2 Å². The van der Waals surface area contributed by atoms with E-state index in [0.717, 1.165) is 25.7 Å². The van der Waals surface area contributed by atoms with Gasteiger partial charge in [0.25, 0.3) is 0 Å². The van der Waals surface area contributed by atoms with Crippen molar-refractivity contribution >= 4 is 72.5 Å². The van der Waals surface area contributed by atoms with Crippen LogP contribution in [0.25, 0.3) is 11.1 Å². The van der Waals surface area contributed by atoms with Gasteiger partial charge in [-0.05, 0) is 41.5 Å². The van der Waals surface area contributed by atoms with Crippen molar-refractivity contribution in [1.82, 2.24) is 0 Å². The largest absolute Gasteiger partial charge is 0.170 e. The first kappa shape index (κ1) is 29.2. The summed E-state index contributed by atoms with van der Waals surface area (Å²) in [6.07, 6.45) is 4.14. The van der Waals surface area contributed by atoms with E-state index >= 15 is 0 Å². The molecule has 0 nitrogen and oxygen atoms in total. The molecule has 0 amide bonds. The van der Waals surface area contributed by atoms with E-state index in [2.05, 4.69) is 169 Å². The van der Waals surface area contributed by atoms with Gasteiger partial charge in [0.15, 0.2) is 16.1 Å². The van der Waals surface area contributed by atoms with Gasteiger partial charge in [-0.15, -0.1) is 22.9 Å². The second-order valence-corrected chi connectivity index (χ2v) is 21.7. The second-order valence-electron chi connectivity index (χ2n) is 9.46. The highest BCUT2D eigenvalue weighted by Gasteiger charge is 2.32. The molecule has 0 N–H and O–H groups in total. The van der Waals surface area contributed by atoms with E-state index in [1.165, 1.54) is 28.7 Å². The van der Waals surface area contributed by atoms with Crippen LogP contribution < -0.4 is 0 Å². The number of hydrogen-bond donors (Lipinski definition) is 0. The summed E-state index contributed by atoms with van der Waals surface area (Å²) in [6.45, 7) is 14.0. The van der Waals surface area contributed by atoms with E-state index in [1.807, 2.05) is 0 Å². The minimum atomic E-state index is -1.97. The zero-order chi connectivity index (χ0) is 25.2. The number of hydrogen-bond acceptors (Lipinski definition) is 0. The Kier molecular flexibility index (Phi) is 11.9. The lowest BCUT2D eigenvalue weighted by molar-refractivity contribution is 0.984. The maximum Gasteiger partial charge on any atom is 0.170 e. The van der Waals surface area contributed by atoms with Gasteiger partial charge in [-0.2, -0.15) is 0 Å². The molecule has 2 aromatic carbocycles. The summed E-state index contributed by atoms with van der Waals surface area (Å²) < 4.78 is 2.83. The van der Waals surface area contributed by atoms with Gasteiger partial charge in [0, 0.05) is 12.8 Å². The van der Waals surface area contributed by atoms with Crippen molar-refractivity contribution in [2.24, 2.45) is 0 Å². The molecule has 178 valence electrons. The van der Waals surface area contributed by atoms with E-state index in [1.54, 1.807) is 0 Å². The molecule has 0 unspecified atom stereocenters. The lowest BCUT2D eigenvalue weighted by atomic mass is 9.95. The van der Waals surface area contributed by atoms with E-state index in [-0.39, 0.29) is 0 Å². The van der Waals surface area contributed by atoms with Gasteiger partial charge in [-0.25, -0.2) is 0 Å². The molecular weight excluding hydrogens is 670 g/mol. The molecule has 0 aromatic heterocycles. The predicted octanol–water partition coefficient (Wildman–Crippen LogP) is 9.86. The summed E-state index contributed by atoms with van der Waals surface area (Å²) in [7, 11) is -3.95. The van der Waals surface area contributed by atoms with Crippen LogP contribution in [0, 0.1) is 22.9 Å². The maximum absolute atomic E-state index is 3.72. The van der Waals surface area contributed by atoms with E-state index in [4.69, 9.17) is 0 Å². The fourth-order valence-corrected chi connectivity index (χ4v) is 8.64. The third kappa shape index (κ3) is 7.98. The minimum absolute atomic E-state index is 0.965. The van der Waals surface area contributed by atoms with Crippen molar-refractivity contribution < 1.29 is 0 Å². The third-order valence-electron chi connectivity index (χ3n) is 5.46. The van der Waals surface area contributed by atoms with Crippen LogP contribution in [-0.4, -0.2) is 16.1 Å². The lowest BCUT2D eigenvalue weighted by Gasteiger charge is -2.27. The topological polar surface area (TPSA) is 0 Å². The molecule has 34 heavy (non-hydrogen) atoms. The third-order valence-corrected chi connectivity index (χ3v) is 18.9. The highest BCUT2D eigenvalue weighted by atomic mass is 127. The molecule has 2 aromatic rings. The molecular formula is C30H36I2Si2. The first-order valence-electron chi connectivity index (χ1n) is 12.1. The fourth-order valence-electron chi connectivity index (χ4n) is 3.52. The Morgan fingerprint density at radius 2 is 0.941 bits per heavy atom. The summed E-state index contributed by atoms with van der Waals surface area (Å²) in [5.41, 5.74) is 12.7. The Morgan fingerprint density at radius 1 is 0.618 bits per heavy atom. The highest BCUT2D eigenvalue weighted by molar-refractivity contribution is 14.1. The van der Waals surface area contributed by atoms with Crippen molar-refractivity contribution in [2.45, 2.75) is 65.7 Å². The van der Waals surface area contributed by atoms with Gasteiger partial charge in [-0.1, -0.05) is 146 Å². The molecule has 0 heterocycles. The van der Waals surface area contributed by atoms with Crippen LogP contribution in [0.15, 0.2) is 67.1 Å². The summed E-state index contributed by atoms with van der Waals surface area (Å²) >= 11 is 5.24. The van der Waals surface area contributed by atoms with Gasteiger partial charge in [0.2, 0.25) is 0 Å². The van der Waals surface area contributed by atoms with Crippen LogP contribution >= 0.6 is 45.2 Å². The van der Waals surface area contributed by atoms with E-state index in [9.17, 15) is 0 Å². The van der Waals surface area contributed by atoms with E-state index in [0.29, 0.717) is 0 Å². The van der Waals surface area contributed by atoms with Crippen LogP contribution in [0.4, 0.5) is 0 Å². The molecule has 0 fully saturated rings. The average molecular weight is 707 g/mol. The highest BCUT2D eigenvalue weighted by Crippen LogP contribution is 2.44. The van der Waals surface area contributed by atoms with Crippen molar-refractivity contribution in [1.29, 1.82) is 0 Å². The number of benzene rings is 2. The SMILES string of the molecule is CCCC#C[Si](C)(C)/C(I)=C(/C(=C(\I)[Si](C)(C)C#CCCC)c1ccccc1)c1ccccc1. The standard InChI is InChI=1S/C30H36I2Si2/c1-7-9-17-23-33(3,4)29(31)27(25-19-13-11-14-20-25)28(26-21-15-12-16-22-26)30(32)34(5,6)24-18-10-8-2/h11-16,19-22H,7-10H2,1-6H3/b29-27+,30-28+. The Hall–Kier alpha value is -1.07. The molecule has 0 aliphatic rings. The number of rotatable bonds is 7. The van der Waals surface area contributed by atoms with Crippen molar-refractivity contribution in [3.05, 3.63) is 78.2 Å². The molecule has 0 saturated carbocycles. The first-order chi connectivity index (χ1) is 16.2. The predicted molar refractivity (Wildman–Crippen MR) is 175 cm³/mol. The fraction of sp³-hybridized carbons (Fsp3) is 0.333. The minimum Gasteiger partial charge on any atom is -0.126 e. The van der Waals surface area contributed by atoms with Gasteiger partial charge >= 0.3 is 0 Å². The van der Waals surface area contributed by atoms with E-state index < -0.39 is 16.1 Å². The quantitative estimate of drug-likeness (QED) is 0.116. The van der Waals surface area contributed by atoms with Crippen molar-refractivity contribution in [3.63, 3.8) is 0 Å². The molecule has 0 saturated heterocycles. The van der Waals surface area contributed by atoms with Gasteiger partial charge in [-0.3, -0.25) is 0 Å². The number of unbranched alkanes of at least 4 members (excludes halogenated alkanes) is 2. The normalized spacial score (nSPS) is 13.1. The molecule has 0 bridgehead atoms. The smallest absolute Gasteiger partial charge is 0.126 e. The zero-order valence-corrected chi connectivity index (χ0v) is 27.7. The summed E-state index contributed by atoms with van der Waals surface area (Å²) in [6, 6.07) is 21.8. The second kappa shape index (κ2) is 13.9. The van der Waals surface area contributed by atoms with Crippen LogP contribution in [0.5, 0.6) is 0 Å². The molecule has 0 spiro atoms. The number of allylic oxidation sites excluding steroid dienone is 2. The maximum atomic E-state index is 3.72. The van der Waals surface area contributed by atoms with Gasteiger partial charge in [0.05, 0.1) is 0 Å². The molecule has 2 rings (SSSR count). The van der Waals surface area contributed by atoms with Gasteiger partial charge in [0.1, 0.15) is 0 Å². The Morgan fingerprint density at radius 3 is 1.24 bits per heavy atom. The molecule has 0 aliphatic heterocycles. The van der Waals surface area contributed by atoms with Gasteiger partial charge < -0.3 is 0 Å². The molecule has 0 radical (unpaired) electrons. The number of halogens is 2. The summed E-state index contributed by atoms with van der Waals surface area (Å²) in [5, 5.41) is 0. The van der Waals surface area contributed by atoms with Crippen LogP contribution in [0.1, 0.15) is 50.7 Å². The summed E-state index contributed by atoms with van der Waals surface area (Å²) in [4.78, 5) is 0. The van der Waals surface area contributed by atoms with Crippen LogP contribution in [0.3, 0.4) is 0 Å². The summed E-state index contributed by atoms with van der Waals surface area (Å²) in [5.74, 6) is 6.95. The first-order valence-corrected chi connectivity index (χ1v) is 20.2. The molecule has 4 heteroatoms. The zero-order valence-electron chi connectivity index (χ0n) is 21.4. The lowest BCUT2D eigenvalue weighted by Crippen LogP contribution is -2.28. The van der Waals surface area contributed by atoms with Crippen molar-refractivity contribution in [2.75, 3.05) is 0 Å². The Balaban J connectivity index is 2.95. The molecule has 0 atom stereocenters. The van der Waals surface area contributed by atoms with Crippen molar-refractivity contribution in [3.8, 4) is 22.9 Å². The van der Waals surface area contributed by atoms with Crippen LogP contribution in [-0.2, 0) is 0 Å². The average Bonchev–Trinajstić information content (AvgIpc) is 2.83. The molecule has 0 aliphatic carbocycles. The monoisotopic (exact) mass is 706 g/mol. The Labute approximate surface area is 237 Å². The Bertz CT molecular complexity index is 1040.